The summed E-state index contributed by atoms with van der Waals surface area (Å²) in [6.45, 7) is 7.65. The topological polar surface area (TPSA) is 46.6 Å². The van der Waals surface area contributed by atoms with Crippen molar-refractivity contribution in [3.05, 3.63) is 0 Å². The number of carbonyl (C=O) groups is 2. The molecule has 1 rings (SSSR count). The molecule has 0 saturated carbocycles. The molecule has 1 atom stereocenters. The van der Waals surface area contributed by atoms with Gasteiger partial charge in [0.05, 0.1) is 6.04 Å². The molecule has 0 bridgehead atoms. The monoisotopic (exact) mass is 227 g/mol. The van der Waals surface area contributed by atoms with Crippen molar-refractivity contribution in [1.29, 1.82) is 0 Å². The molecule has 0 aliphatic carbocycles. The number of nitrogens with zero attached hydrogens (tertiary/aromatic N) is 1. The molecule has 1 aliphatic heterocycles. The Morgan fingerprint density at radius 3 is 2.38 bits per heavy atom. The molecule has 0 radical (unpaired) electrons. The first-order chi connectivity index (χ1) is 7.31. The van der Waals surface area contributed by atoms with E-state index in [0.717, 1.165) is 19.3 Å². The van der Waals surface area contributed by atoms with E-state index in [1.165, 1.54) is 6.92 Å². The van der Waals surface area contributed by atoms with Crippen molar-refractivity contribution >= 4 is 11.9 Å². The van der Waals surface area contributed by atoms with Crippen LogP contribution in [-0.2, 0) is 9.53 Å². The van der Waals surface area contributed by atoms with Gasteiger partial charge in [0, 0.05) is 6.54 Å². The highest BCUT2D eigenvalue weighted by Crippen LogP contribution is 2.20. The van der Waals surface area contributed by atoms with E-state index in [4.69, 9.17) is 4.74 Å². The second-order valence-corrected chi connectivity index (χ2v) is 5.30. The third kappa shape index (κ3) is 3.51. The fraction of sp³-hybridized carbons (Fsp3) is 0.833. The summed E-state index contributed by atoms with van der Waals surface area (Å²) in [5.74, 6) is 0.0468. The number of Topliss-reactive ketones (excluding diaryl/α,β-unsaturated/α-hetero) is 1. The Morgan fingerprint density at radius 2 is 1.88 bits per heavy atom. The molecule has 4 heteroatoms. The number of carbonyl (C=O) groups excluding carboxylic acids is 2. The average Bonchev–Trinajstić information content (AvgIpc) is 2.15. The molecule has 0 aromatic carbocycles. The third-order valence-electron chi connectivity index (χ3n) is 2.60. The van der Waals surface area contributed by atoms with E-state index in [9.17, 15) is 9.59 Å². The predicted molar refractivity (Wildman–Crippen MR) is 61.3 cm³/mol. The van der Waals surface area contributed by atoms with Crippen LogP contribution in [-0.4, -0.2) is 35.0 Å². The molecule has 1 heterocycles. The summed E-state index contributed by atoms with van der Waals surface area (Å²) in [7, 11) is 0. The maximum absolute atomic E-state index is 11.9. The second-order valence-electron chi connectivity index (χ2n) is 5.30. The predicted octanol–water partition coefficient (Wildman–Crippen LogP) is 2.37. The number of piperidine rings is 1. The van der Waals surface area contributed by atoms with E-state index < -0.39 is 5.60 Å². The summed E-state index contributed by atoms with van der Waals surface area (Å²) in [4.78, 5) is 24.9. The Labute approximate surface area is 96.9 Å². The van der Waals surface area contributed by atoms with Crippen LogP contribution in [0.25, 0.3) is 0 Å². The average molecular weight is 227 g/mol. The number of likely N-dealkylation sites (tertiary alicyclic amines) is 1. The molecule has 0 spiro atoms. The zero-order valence-electron chi connectivity index (χ0n) is 10.6. The van der Waals surface area contributed by atoms with Gasteiger partial charge >= 0.3 is 6.09 Å². The summed E-state index contributed by atoms with van der Waals surface area (Å²) >= 11 is 0. The van der Waals surface area contributed by atoms with Crippen molar-refractivity contribution in [1.82, 2.24) is 4.90 Å². The minimum Gasteiger partial charge on any atom is -0.444 e. The lowest BCUT2D eigenvalue weighted by molar-refractivity contribution is -0.123. The number of hydrogen-bond donors (Lipinski definition) is 0. The first-order valence-electron chi connectivity index (χ1n) is 5.81. The van der Waals surface area contributed by atoms with Gasteiger partial charge in [-0.15, -0.1) is 0 Å². The Bertz CT molecular complexity index is 280. The van der Waals surface area contributed by atoms with Crippen LogP contribution in [0.15, 0.2) is 0 Å². The van der Waals surface area contributed by atoms with E-state index in [2.05, 4.69) is 0 Å². The van der Waals surface area contributed by atoms with Crippen LogP contribution in [0.1, 0.15) is 47.0 Å². The van der Waals surface area contributed by atoms with E-state index >= 15 is 0 Å². The van der Waals surface area contributed by atoms with Crippen LogP contribution < -0.4 is 0 Å². The van der Waals surface area contributed by atoms with Gasteiger partial charge in [-0.25, -0.2) is 4.79 Å². The van der Waals surface area contributed by atoms with Crippen molar-refractivity contribution in [2.24, 2.45) is 0 Å². The number of hydrogen-bond acceptors (Lipinski definition) is 3. The Morgan fingerprint density at radius 1 is 1.25 bits per heavy atom. The van der Waals surface area contributed by atoms with Crippen LogP contribution in [0.3, 0.4) is 0 Å². The summed E-state index contributed by atoms with van der Waals surface area (Å²) in [5, 5.41) is 0. The van der Waals surface area contributed by atoms with Crippen LogP contribution >= 0.6 is 0 Å². The van der Waals surface area contributed by atoms with Crippen LogP contribution in [0, 0.1) is 0 Å². The molecule has 1 unspecified atom stereocenters. The quantitative estimate of drug-likeness (QED) is 0.691. The highest BCUT2D eigenvalue weighted by atomic mass is 16.6. The third-order valence-corrected chi connectivity index (χ3v) is 2.60. The van der Waals surface area contributed by atoms with Gasteiger partial charge in [0.2, 0.25) is 0 Å². The van der Waals surface area contributed by atoms with Gasteiger partial charge in [-0.2, -0.15) is 0 Å². The molecule has 0 aromatic rings. The molecule has 1 aliphatic rings. The van der Waals surface area contributed by atoms with Gasteiger partial charge in [0.25, 0.3) is 0 Å². The lowest BCUT2D eigenvalue weighted by Gasteiger charge is -2.35. The van der Waals surface area contributed by atoms with Crippen molar-refractivity contribution in [2.45, 2.75) is 58.6 Å². The summed E-state index contributed by atoms with van der Waals surface area (Å²) in [6, 6.07) is -0.288. The summed E-state index contributed by atoms with van der Waals surface area (Å²) < 4.78 is 5.29. The highest BCUT2D eigenvalue weighted by Gasteiger charge is 2.32. The molecule has 4 nitrogen and oxygen atoms in total. The van der Waals surface area contributed by atoms with Crippen LogP contribution in [0.5, 0.6) is 0 Å². The molecule has 1 amide bonds. The van der Waals surface area contributed by atoms with Gasteiger partial charge < -0.3 is 4.74 Å². The fourth-order valence-electron chi connectivity index (χ4n) is 1.89. The number of rotatable bonds is 1. The zero-order chi connectivity index (χ0) is 12.3. The maximum atomic E-state index is 11.9. The van der Waals surface area contributed by atoms with Gasteiger partial charge in [-0.05, 0) is 47.0 Å². The van der Waals surface area contributed by atoms with Crippen LogP contribution in [0.2, 0.25) is 0 Å². The molecule has 0 aromatic heterocycles. The van der Waals surface area contributed by atoms with E-state index in [-0.39, 0.29) is 17.9 Å². The van der Waals surface area contributed by atoms with Crippen LogP contribution in [0.4, 0.5) is 4.79 Å². The normalized spacial score (nSPS) is 21.8. The van der Waals surface area contributed by atoms with Crippen molar-refractivity contribution < 1.29 is 14.3 Å². The maximum Gasteiger partial charge on any atom is 0.410 e. The van der Waals surface area contributed by atoms with E-state index in [0.29, 0.717) is 6.54 Å². The number of ether oxygens (including phenoxy) is 1. The SMILES string of the molecule is CC(=O)C1CCCCN1C(=O)OC(C)(C)C. The molecule has 1 fully saturated rings. The highest BCUT2D eigenvalue weighted by molar-refractivity contribution is 5.85. The Kier molecular flexibility index (Phi) is 3.94. The fourth-order valence-corrected chi connectivity index (χ4v) is 1.89. The molecule has 16 heavy (non-hydrogen) atoms. The summed E-state index contributed by atoms with van der Waals surface area (Å²) in [5.41, 5.74) is -0.504. The van der Waals surface area contributed by atoms with Crippen molar-refractivity contribution in [3.8, 4) is 0 Å². The number of ketones is 1. The minimum atomic E-state index is -0.504. The Balaban J connectivity index is 2.68. The molecule has 0 N–H and O–H groups in total. The molecular formula is C12H21NO3. The Hall–Kier alpha value is -1.06. The van der Waals surface area contributed by atoms with E-state index in [1.54, 1.807) is 4.90 Å². The minimum absolute atomic E-state index is 0.0468. The van der Waals surface area contributed by atoms with Gasteiger partial charge in [0.1, 0.15) is 5.60 Å². The molecule has 1 saturated heterocycles. The largest absolute Gasteiger partial charge is 0.444 e. The lowest BCUT2D eigenvalue weighted by atomic mass is 10.00. The number of amides is 1. The smallest absolute Gasteiger partial charge is 0.410 e. The van der Waals surface area contributed by atoms with Gasteiger partial charge in [-0.1, -0.05) is 0 Å². The standard InChI is InChI=1S/C12H21NO3/c1-9(14)10-7-5-6-8-13(10)11(15)16-12(2,3)4/h10H,5-8H2,1-4H3. The molecule has 92 valence electrons. The lowest BCUT2D eigenvalue weighted by Crippen LogP contribution is -2.49. The van der Waals surface area contributed by atoms with Crippen molar-refractivity contribution in [3.63, 3.8) is 0 Å². The zero-order valence-corrected chi connectivity index (χ0v) is 10.6. The van der Waals surface area contributed by atoms with Crippen molar-refractivity contribution in [2.75, 3.05) is 6.54 Å². The summed E-state index contributed by atoms with van der Waals surface area (Å²) in [6.07, 6.45) is 2.34. The van der Waals surface area contributed by atoms with Gasteiger partial charge in [-0.3, -0.25) is 9.69 Å². The first kappa shape index (κ1) is 13.0. The molecular weight excluding hydrogens is 206 g/mol. The van der Waals surface area contributed by atoms with E-state index in [1.807, 2.05) is 20.8 Å². The first-order valence-corrected chi connectivity index (χ1v) is 5.81. The second kappa shape index (κ2) is 4.85. The van der Waals surface area contributed by atoms with Gasteiger partial charge in [0.15, 0.2) is 5.78 Å².